The Balaban J connectivity index is 0.000000191. The Kier molecular flexibility index (Phi) is 13.8. The molecule has 358 valence electrons. The molecular weight excluding hydrogens is 944 g/mol. The average molecular weight is 993 g/mol. The van der Waals surface area contributed by atoms with Crippen molar-refractivity contribution in [3.8, 4) is 0 Å². The van der Waals surface area contributed by atoms with Crippen molar-refractivity contribution in [2.45, 2.75) is 112 Å². The second-order valence-corrected chi connectivity index (χ2v) is 26.0. The van der Waals surface area contributed by atoms with Crippen LogP contribution < -0.4 is 0 Å². The molecule has 11 nitrogen and oxygen atoms in total. The van der Waals surface area contributed by atoms with E-state index >= 15 is 8.78 Å². The van der Waals surface area contributed by atoms with Gasteiger partial charge in [0.1, 0.15) is 5.69 Å². The van der Waals surface area contributed by atoms with E-state index in [0.29, 0.717) is 39.8 Å². The van der Waals surface area contributed by atoms with Crippen molar-refractivity contribution < 1.29 is 52.7 Å². The lowest BCUT2D eigenvalue weighted by atomic mass is 9.78. The van der Waals surface area contributed by atoms with Crippen molar-refractivity contribution in [2.75, 3.05) is 13.2 Å². The molecule has 1 fully saturated rings. The zero-order valence-corrected chi connectivity index (χ0v) is 40.6. The zero-order chi connectivity index (χ0) is 49.6. The maximum Gasteiger partial charge on any atom is 0.456 e. The molecule has 1 unspecified atom stereocenters. The van der Waals surface area contributed by atoms with Crippen LogP contribution in [0.5, 0.6) is 0 Å². The third-order valence-electron chi connectivity index (χ3n) is 12.0. The normalized spacial score (nSPS) is 17.6. The first kappa shape index (κ1) is 50.2. The third-order valence-corrected chi connectivity index (χ3v) is 16.4. The lowest BCUT2D eigenvalue weighted by Crippen LogP contribution is -2.61. The standard InChI is InChI=1S/C25H25F5N2O3SSi.C20H16N2O3S.C4H8O/c1-16-8-11-18(12-9-16)36(33,34)32-21-13-10-17(31-2)15-20(21)19-7-6-14-23(22(19)32,35-37(3,4)5)24(26,27)25(28,29)30;1-13-6-9-15(10-7-13)26(24,25)22-18-11-8-14(21-2)12-17(18)16-4-3-5-19(23)20(16)22;1-2-4-5-3-1/h8-13,15H,6-7,14H2,1,3-5H3;6-12H,3-5H2,1H3;1-4H2. The van der Waals surface area contributed by atoms with Crippen LogP contribution >= 0.6 is 0 Å². The summed E-state index contributed by atoms with van der Waals surface area (Å²) in [6.45, 7) is 24.6. The number of carbonyl (C=O) groups is 1. The molecule has 68 heavy (non-hydrogen) atoms. The maximum atomic E-state index is 15.7. The van der Waals surface area contributed by atoms with Gasteiger partial charge in [0.25, 0.3) is 20.0 Å². The van der Waals surface area contributed by atoms with Crippen LogP contribution in [0.4, 0.5) is 33.3 Å². The molecule has 0 radical (unpaired) electrons. The zero-order valence-electron chi connectivity index (χ0n) is 38.0. The van der Waals surface area contributed by atoms with Gasteiger partial charge in [-0.1, -0.05) is 47.5 Å². The average Bonchev–Trinajstić information content (AvgIpc) is 4.05. The maximum absolute atomic E-state index is 15.7. The number of rotatable bonds is 7. The summed E-state index contributed by atoms with van der Waals surface area (Å²) < 4.78 is 141. The SMILES string of the molecule is C1CCOC1.[C-]#[N+]c1ccc2c(c1)c1c(n2S(=O)(=O)c2ccc(C)cc2)C(=O)CCC1.[C-]#[N+]c1ccc2c(c1)c1c(n2S(=O)(=O)c2ccc(C)cc2)C(O[Si](C)(C)C)(C(F)(F)C(F)(F)F)CCC1. The molecular formula is C49H49F5N4O7S2Si. The first-order chi connectivity index (χ1) is 31.9. The topological polar surface area (TPSA) is 122 Å². The van der Waals surface area contributed by atoms with Crippen LogP contribution in [0.1, 0.15) is 77.0 Å². The van der Waals surface area contributed by atoms with Crippen LogP contribution in [-0.2, 0) is 47.7 Å². The summed E-state index contributed by atoms with van der Waals surface area (Å²) in [6.07, 6.45) is -2.57. The minimum atomic E-state index is -6.02. The molecule has 1 aliphatic heterocycles. The van der Waals surface area contributed by atoms with Crippen molar-refractivity contribution >= 4 is 67.3 Å². The van der Waals surface area contributed by atoms with Gasteiger partial charge in [-0.25, -0.2) is 34.5 Å². The van der Waals surface area contributed by atoms with E-state index in [0.717, 1.165) is 29.9 Å². The third kappa shape index (κ3) is 9.14. The van der Waals surface area contributed by atoms with E-state index in [1.165, 1.54) is 78.9 Å². The Morgan fingerprint density at radius 1 is 0.662 bits per heavy atom. The minimum Gasteiger partial charge on any atom is -0.401 e. The highest BCUT2D eigenvalue weighted by atomic mass is 32.2. The van der Waals surface area contributed by atoms with Gasteiger partial charge in [-0.15, -0.1) is 0 Å². The number of fused-ring (bicyclic) bond motifs is 6. The first-order valence-electron chi connectivity index (χ1n) is 21.9. The molecule has 19 heteroatoms. The van der Waals surface area contributed by atoms with Crippen LogP contribution in [0, 0.1) is 27.0 Å². The van der Waals surface area contributed by atoms with Gasteiger partial charge >= 0.3 is 12.1 Å². The van der Waals surface area contributed by atoms with Gasteiger partial charge in [0.05, 0.1) is 39.7 Å². The number of alkyl halides is 5. The number of aromatic nitrogens is 2. The fraction of sp³-hybridized carbons (Fsp3) is 0.367. The van der Waals surface area contributed by atoms with Crippen molar-refractivity contribution in [3.63, 3.8) is 0 Å². The quantitative estimate of drug-likeness (QED) is 0.0886. The molecule has 1 saturated heterocycles. The molecule has 2 aromatic heterocycles. The summed E-state index contributed by atoms with van der Waals surface area (Å²) in [7, 11) is -11.7. The fourth-order valence-electron chi connectivity index (χ4n) is 9.00. The number of carbonyl (C=O) groups excluding carboxylic acids is 1. The molecule has 0 amide bonds. The van der Waals surface area contributed by atoms with Crippen molar-refractivity contribution in [1.82, 2.24) is 7.94 Å². The molecule has 6 aromatic rings. The van der Waals surface area contributed by atoms with Gasteiger partial charge in [-0.2, -0.15) is 22.0 Å². The van der Waals surface area contributed by atoms with E-state index < -0.39 is 58.2 Å². The summed E-state index contributed by atoms with van der Waals surface area (Å²) in [5, 5.41) is 0.817. The number of ether oxygens (including phenoxy) is 1. The van der Waals surface area contributed by atoms with E-state index in [1.807, 2.05) is 6.92 Å². The van der Waals surface area contributed by atoms with Crippen molar-refractivity contribution in [1.29, 1.82) is 0 Å². The molecule has 0 N–H and O–H groups in total. The van der Waals surface area contributed by atoms with E-state index in [1.54, 1.807) is 49.4 Å². The molecule has 9 rings (SSSR count). The smallest absolute Gasteiger partial charge is 0.401 e. The number of aryl methyl sites for hydroxylation is 4. The summed E-state index contributed by atoms with van der Waals surface area (Å²) in [5.74, 6) is -5.57. The first-order valence-corrected chi connectivity index (χ1v) is 28.2. The second kappa shape index (κ2) is 18.7. The molecule has 0 saturated carbocycles. The highest BCUT2D eigenvalue weighted by Crippen LogP contribution is 2.58. The largest absolute Gasteiger partial charge is 0.456 e. The van der Waals surface area contributed by atoms with E-state index in [-0.39, 0.29) is 56.3 Å². The molecule has 3 heterocycles. The number of nitrogens with zero attached hydrogens (tertiary/aromatic N) is 4. The van der Waals surface area contributed by atoms with Gasteiger partial charge in [0.15, 0.2) is 31.1 Å². The summed E-state index contributed by atoms with van der Waals surface area (Å²) in [6, 6.07) is 21.0. The van der Waals surface area contributed by atoms with Crippen LogP contribution in [0.3, 0.4) is 0 Å². The van der Waals surface area contributed by atoms with Crippen LogP contribution in [0.25, 0.3) is 31.5 Å². The Morgan fingerprint density at radius 2 is 1.13 bits per heavy atom. The highest BCUT2D eigenvalue weighted by molar-refractivity contribution is 7.90. The van der Waals surface area contributed by atoms with Crippen molar-refractivity contribution in [3.05, 3.63) is 141 Å². The number of halogens is 5. The Labute approximate surface area is 393 Å². The predicted molar refractivity (Wildman–Crippen MR) is 251 cm³/mol. The summed E-state index contributed by atoms with van der Waals surface area (Å²) in [5.41, 5.74) is -0.399. The number of Topliss-reactive ketones (excluding diaryl/α,β-unsaturated/α-hetero) is 1. The van der Waals surface area contributed by atoms with Gasteiger partial charge in [0.2, 0.25) is 0 Å². The lowest BCUT2D eigenvalue weighted by Gasteiger charge is -2.47. The highest BCUT2D eigenvalue weighted by Gasteiger charge is 2.74. The minimum absolute atomic E-state index is 0.0182. The molecule has 4 aromatic carbocycles. The van der Waals surface area contributed by atoms with Gasteiger partial charge in [-0.05, 0) is 149 Å². The van der Waals surface area contributed by atoms with Gasteiger partial charge < -0.3 is 9.16 Å². The number of ketones is 1. The lowest BCUT2D eigenvalue weighted by molar-refractivity contribution is -0.345. The van der Waals surface area contributed by atoms with Crippen molar-refractivity contribution in [2.24, 2.45) is 0 Å². The van der Waals surface area contributed by atoms with E-state index in [2.05, 4.69) is 9.69 Å². The predicted octanol–water partition coefficient (Wildman–Crippen LogP) is 12.4. The Hall–Kier alpha value is -5.70. The van der Waals surface area contributed by atoms with Crippen LogP contribution in [-0.4, -0.2) is 64.2 Å². The molecule has 0 bridgehead atoms. The number of hydrogen-bond donors (Lipinski definition) is 0. The Morgan fingerprint density at radius 3 is 1.59 bits per heavy atom. The summed E-state index contributed by atoms with van der Waals surface area (Å²) in [4.78, 5) is 19.3. The van der Waals surface area contributed by atoms with Crippen LogP contribution in [0.2, 0.25) is 19.6 Å². The molecule has 0 spiro atoms. The molecule has 2 aliphatic carbocycles. The molecule has 1 atom stereocenters. The molecule has 3 aliphatic rings. The monoisotopic (exact) mass is 992 g/mol. The van der Waals surface area contributed by atoms with Gasteiger partial charge in [-0.3, -0.25) is 4.79 Å². The number of benzene rings is 4. The second-order valence-electron chi connectivity index (χ2n) is 18.0. The Bertz CT molecular complexity index is 3230. The number of hydrogen-bond acceptors (Lipinski definition) is 7. The van der Waals surface area contributed by atoms with E-state index in [4.69, 9.17) is 22.3 Å². The summed E-state index contributed by atoms with van der Waals surface area (Å²) >= 11 is 0. The van der Waals surface area contributed by atoms with E-state index in [9.17, 15) is 34.8 Å². The van der Waals surface area contributed by atoms with Crippen LogP contribution in [0.15, 0.2) is 94.7 Å². The van der Waals surface area contributed by atoms with Gasteiger partial charge in [0, 0.05) is 19.6 Å². The fourth-order valence-corrected chi connectivity index (χ4v) is 13.5.